The monoisotopic (exact) mass is 325 g/mol. The fourth-order valence-electron chi connectivity index (χ4n) is 3.24. The molecule has 3 heterocycles. The van der Waals surface area contributed by atoms with Gasteiger partial charge in [-0.25, -0.2) is 0 Å². The number of rotatable bonds is 4. The Morgan fingerprint density at radius 3 is 2.92 bits per heavy atom. The van der Waals surface area contributed by atoms with Crippen LogP contribution < -0.4 is 0 Å². The van der Waals surface area contributed by atoms with Gasteiger partial charge in [-0.1, -0.05) is 11.2 Å². The van der Waals surface area contributed by atoms with Gasteiger partial charge in [-0.3, -0.25) is 4.98 Å². The Balaban J connectivity index is 1.70. The normalized spacial score (nSPS) is 17.2. The largest absolute Gasteiger partial charge is 0.384 e. The summed E-state index contributed by atoms with van der Waals surface area (Å²) >= 11 is 0. The Kier molecular flexibility index (Phi) is 4.00. The minimum absolute atomic E-state index is 0.229. The lowest BCUT2D eigenvalue weighted by Crippen LogP contribution is -2.39. The second-order valence-corrected chi connectivity index (χ2v) is 6.16. The maximum atomic E-state index is 5.55. The molecule has 0 unspecified atom stereocenters. The topological polar surface area (TPSA) is 70.3 Å². The molecular formula is C18H19N3O3. The third kappa shape index (κ3) is 2.68. The van der Waals surface area contributed by atoms with Gasteiger partial charge in [0.25, 0.3) is 5.89 Å². The number of hydrogen-bond donors (Lipinski definition) is 0. The number of hydrogen-bond acceptors (Lipinski definition) is 6. The molecule has 1 fully saturated rings. The van der Waals surface area contributed by atoms with Crippen LogP contribution in [0.1, 0.15) is 18.7 Å². The van der Waals surface area contributed by atoms with E-state index in [1.165, 1.54) is 0 Å². The lowest BCUT2D eigenvalue weighted by atomic mass is 9.80. The van der Waals surface area contributed by atoms with E-state index in [1.54, 1.807) is 13.3 Å². The molecule has 1 aliphatic rings. The first kappa shape index (κ1) is 15.2. The van der Waals surface area contributed by atoms with Crippen LogP contribution in [0, 0.1) is 0 Å². The third-order valence-corrected chi connectivity index (χ3v) is 4.62. The average molecular weight is 325 g/mol. The molecule has 1 aliphatic heterocycles. The molecule has 24 heavy (non-hydrogen) atoms. The molecule has 1 saturated heterocycles. The first-order valence-corrected chi connectivity index (χ1v) is 8.07. The summed E-state index contributed by atoms with van der Waals surface area (Å²) in [6.45, 7) is 1.95. The summed E-state index contributed by atoms with van der Waals surface area (Å²) in [7, 11) is 1.70. The highest BCUT2D eigenvalue weighted by Crippen LogP contribution is 2.34. The van der Waals surface area contributed by atoms with Crippen molar-refractivity contribution in [3.8, 4) is 11.5 Å². The second-order valence-electron chi connectivity index (χ2n) is 6.16. The van der Waals surface area contributed by atoms with Crippen LogP contribution in [-0.2, 0) is 14.9 Å². The van der Waals surface area contributed by atoms with Crippen molar-refractivity contribution in [1.29, 1.82) is 0 Å². The minimum atomic E-state index is -0.229. The van der Waals surface area contributed by atoms with Crippen LogP contribution in [0.3, 0.4) is 0 Å². The molecule has 0 saturated carbocycles. The summed E-state index contributed by atoms with van der Waals surface area (Å²) < 4.78 is 16.5. The van der Waals surface area contributed by atoms with Crippen molar-refractivity contribution >= 4 is 10.9 Å². The van der Waals surface area contributed by atoms with Crippen LogP contribution in [0.25, 0.3) is 22.4 Å². The molecule has 124 valence electrons. The lowest BCUT2D eigenvalue weighted by Gasteiger charge is -2.33. The standard InChI is InChI=1S/C18H19N3O3/c1-22-12-18(6-9-23-10-7-18)17-20-16(24-21-17)14-4-5-15-13(11-14)3-2-8-19-15/h2-5,8,11H,6-7,9-10,12H2,1H3. The van der Waals surface area contributed by atoms with E-state index in [4.69, 9.17) is 14.0 Å². The van der Waals surface area contributed by atoms with E-state index in [1.807, 2.05) is 30.3 Å². The summed E-state index contributed by atoms with van der Waals surface area (Å²) in [5, 5.41) is 5.30. The molecular weight excluding hydrogens is 306 g/mol. The van der Waals surface area contributed by atoms with Crippen molar-refractivity contribution in [1.82, 2.24) is 15.1 Å². The summed E-state index contributed by atoms with van der Waals surface area (Å²) in [6.07, 6.45) is 3.45. The van der Waals surface area contributed by atoms with Crippen molar-refractivity contribution in [2.75, 3.05) is 26.9 Å². The van der Waals surface area contributed by atoms with Gasteiger partial charge < -0.3 is 14.0 Å². The smallest absolute Gasteiger partial charge is 0.257 e. The summed E-state index contributed by atoms with van der Waals surface area (Å²) in [6, 6.07) is 9.88. The van der Waals surface area contributed by atoms with E-state index in [2.05, 4.69) is 15.1 Å². The van der Waals surface area contributed by atoms with E-state index in [0.717, 1.165) is 29.3 Å². The van der Waals surface area contributed by atoms with Crippen molar-refractivity contribution < 1.29 is 14.0 Å². The molecule has 2 aromatic heterocycles. The van der Waals surface area contributed by atoms with Gasteiger partial charge in [-0.05, 0) is 37.1 Å². The molecule has 0 spiro atoms. The Morgan fingerprint density at radius 2 is 2.08 bits per heavy atom. The second kappa shape index (κ2) is 6.30. The van der Waals surface area contributed by atoms with Crippen LogP contribution in [0.15, 0.2) is 41.1 Å². The predicted molar refractivity (Wildman–Crippen MR) is 88.6 cm³/mol. The maximum Gasteiger partial charge on any atom is 0.257 e. The van der Waals surface area contributed by atoms with Gasteiger partial charge in [-0.2, -0.15) is 4.98 Å². The van der Waals surface area contributed by atoms with E-state index in [0.29, 0.717) is 31.5 Å². The highest BCUT2D eigenvalue weighted by atomic mass is 16.5. The van der Waals surface area contributed by atoms with E-state index >= 15 is 0 Å². The van der Waals surface area contributed by atoms with Crippen molar-refractivity contribution in [2.45, 2.75) is 18.3 Å². The predicted octanol–water partition coefficient (Wildman–Crippen LogP) is 2.98. The Hall–Kier alpha value is -2.31. The first-order valence-electron chi connectivity index (χ1n) is 8.07. The number of benzene rings is 1. The van der Waals surface area contributed by atoms with Crippen LogP contribution in [0.2, 0.25) is 0 Å². The zero-order valence-corrected chi connectivity index (χ0v) is 13.6. The van der Waals surface area contributed by atoms with Gasteiger partial charge in [-0.15, -0.1) is 0 Å². The number of methoxy groups -OCH3 is 1. The van der Waals surface area contributed by atoms with Crippen molar-refractivity contribution in [3.05, 3.63) is 42.4 Å². The van der Waals surface area contributed by atoms with Gasteiger partial charge >= 0.3 is 0 Å². The number of aromatic nitrogens is 3. The molecule has 0 aliphatic carbocycles. The van der Waals surface area contributed by atoms with Gasteiger partial charge in [0.05, 0.1) is 17.5 Å². The number of pyridine rings is 1. The lowest BCUT2D eigenvalue weighted by molar-refractivity contribution is 0.00915. The zero-order valence-electron chi connectivity index (χ0n) is 13.6. The van der Waals surface area contributed by atoms with E-state index in [-0.39, 0.29) is 5.41 Å². The fourth-order valence-corrected chi connectivity index (χ4v) is 3.24. The molecule has 0 N–H and O–H groups in total. The summed E-state index contributed by atoms with van der Waals surface area (Å²) in [5.41, 5.74) is 1.61. The quantitative estimate of drug-likeness (QED) is 0.734. The molecule has 0 amide bonds. The minimum Gasteiger partial charge on any atom is -0.384 e. The zero-order chi connectivity index (χ0) is 16.4. The highest BCUT2D eigenvalue weighted by Gasteiger charge is 2.39. The SMILES string of the molecule is COCC1(c2noc(-c3ccc4ncccc4c3)n2)CCOCC1. The first-order chi connectivity index (χ1) is 11.8. The summed E-state index contributed by atoms with van der Waals surface area (Å²) in [5.74, 6) is 1.23. The summed E-state index contributed by atoms with van der Waals surface area (Å²) in [4.78, 5) is 9.00. The number of ether oxygens (including phenoxy) is 2. The number of nitrogens with zero attached hydrogens (tertiary/aromatic N) is 3. The Bertz CT molecular complexity index is 835. The molecule has 0 atom stereocenters. The van der Waals surface area contributed by atoms with Crippen LogP contribution in [-0.4, -0.2) is 42.1 Å². The number of fused-ring (bicyclic) bond motifs is 1. The molecule has 0 radical (unpaired) electrons. The molecule has 3 aromatic rings. The Morgan fingerprint density at radius 1 is 1.21 bits per heavy atom. The van der Waals surface area contributed by atoms with Gasteiger partial charge in [0.2, 0.25) is 0 Å². The van der Waals surface area contributed by atoms with E-state index < -0.39 is 0 Å². The van der Waals surface area contributed by atoms with Crippen LogP contribution in [0.4, 0.5) is 0 Å². The third-order valence-electron chi connectivity index (χ3n) is 4.62. The molecule has 0 bridgehead atoms. The molecule has 4 rings (SSSR count). The van der Waals surface area contributed by atoms with Gasteiger partial charge in [0.15, 0.2) is 5.82 Å². The molecule has 1 aromatic carbocycles. The van der Waals surface area contributed by atoms with Crippen LogP contribution in [0.5, 0.6) is 0 Å². The van der Waals surface area contributed by atoms with E-state index in [9.17, 15) is 0 Å². The van der Waals surface area contributed by atoms with Gasteiger partial charge in [0.1, 0.15) is 0 Å². The van der Waals surface area contributed by atoms with Crippen molar-refractivity contribution in [2.24, 2.45) is 0 Å². The average Bonchev–Trinajstić information content (AvgIpc) is 3.13. The highest BCUT2D eigenvalue weighted by molar-refractivity contribution is 5.82. The Labute approximate surface area is 139 Å². The van der Waals surface area contributed by atoms with Crippen LogP contribution >= 0.6 is 0 Å². The van der Waals surface area contributed by atoms with Crippen molar-refractivity contribution in [3.63, 3.8) is 0 Å². The van der Waals surface area contributed by atoms with Gasteiger partial charge in [0, 0.05) is 37.5 Å². The molecule has 6 nitrogen and oxygen atoms in total. The molecule has 6 heteroatoms. The maximum absolute atomic E-state index is 5.55. The fraction of sp³-hybridized carbons (Fsp3) is 0.389.